The Bertz CT molecular complexity index is 993. The Labute approximate surface area is 163 Å². The highest BCUT2D eigenvalue weighted by molar-refractivity contribution is 5.89. The molecular formula is C21H24N4O3. The molecule has 0 atom stereocenters. The van der Waals surface area contributed by atoms with Crippen molar-refractivity contribution in [3.8, 4) is 0 Å². The lowest BCUT2D eigenvalue weighted by molar-refractivity contribution is 0.0515. The van der Waals surface area contributed by atoms with E-state index in [1.165, 1.54) is 5.56 Å². The highest BCUT2D eigenvalue weighted by Crippen LogP contribution is 2.26. The summed E-state index contributed by atoms with van der Waals surface area (Å²) in [6.45, 7) is 4.74. The standard InChI is InChI=1S/C21H24N4O3/c1-2-28-21(27)20-17-14-24(10-8-19(17)25(23-20)11-12-26)13-15-7-9-22-18-6-4-3-5-16(15)18/h3-7,9,26H,2,8,10-14H2,1H3. The molecular weight excluding hydrogens is 356 g/mol. The molecule has 1 N–H and O–H groups in total. The number of para-hydroxylation sites is 1. The number of carbonyl (C=O) groups is 1. The average Bonchev–Trinajstić information content (AvgIpc) is 3.07. The monoisotopic (exact) mass is 380 g/mol. The van der Waals surface area contributed by atoms with E-state index in [1.54, 1.807) is 11.6 Å². The van der Waals surface area contributed by atoms with E-state index in [1.807, 2.05) is 24.4 Å². The zero-order valence-electron chi connectivity index (χ0n) is 16.0. The molecule has 0 saturated heterocycles. The van der Waals surface area contributed by atoms with E-state index >= 15 is 0 Å². The molecule has 2 aromatic heterocycles. The highest BCUT2D eigenvalue weighted by atomic mass is 16.5. The van der Waals surface area contributed by atoms with Crippen molar-refractivity contribution in [1.82, 2.24) is 19.7 Å². The number of aliphatic hydroxyl groups is 1. The third-order valence-electron chi connectivity index (χ3n) is 5.13. The summed E-state index contributed by atoms with van der Waals surface area (Å²) in [6.07, 6.45) is 2.63. The number of benzene rings is 1. The number of ether oxygens (including phenoxy) is 1. The number of aromatic nitrogens is 3. The number of rotatable bonds is 6. The first-order valence-corrected chi connectivity index (χ1v) is 9.62. The molecule has 0 unspecified atom stereocenters. The first-order valence-electron chi connectivity index (χ1n) is 9.62. The van der Waals surface area contributed by atoms with Crippen molar-refractivity contribution >= 4 is 16.9 Å². The van der Waals surface area contributed by atoms with Crippen LogP contribution in [0.3, 0.4) is 0 Å². The van der Waals surface area contributed by atoms with Gasteiger partial charge in [0.2, 0.25) is 0 Å². The van der Waals surface area contributed by atoms with Crippen molar-refractivity contribution in [3.05, 3.63) is 59.0 Å². The minimum atomic E-state index is -0.397. The van der Waals surface area contributed by atoms with Gasteiger partial charge in [0.25, 0.3) is 0 Å². The Morgan fingerprint density at radius 2 is 2.14 bits per heavy atom. The number of hydrogen-bond donors (Lipinski definition) is 1. The van der Waals surface area contributed by atoms with Crippen molar-refractivity contribution in [2.45, 2.75) is 33.0 Å². The first-order chi connectivity index (χ1) is 13.7. The van der Waals surface area contributed by atoms with E-state index in [4.69, 9.17) is 4.74 Å². The molecule has 0 bridgehead atoms. The van der Waals surface area contributed by atoms with E-state index in [-0.39, 0.29) is 6.61 Å². The van der Waals surface area contributed by atoms with Gasteiger partial charge in [0.1, 0.15) is 0 Å². The molecule has 1 aliphatic heterocycles. The van der Waals surface area contributed by atoms with Crippen molar-refractivity contribution in [2.75, 3.05) is 19.8 Å². The zero-order valence-corrected chi connectivity index (χ0v) is 16.0. The smallest absolute Gasteiger partial charge is 0.359 e. The topological polar surface area (TPSA) is 80.5 Å². The molecule has 28 heavy (non-hydrogen) atoms. The van der Waals surface area contributed by atoms with Crippen LogP contribution in [0.25, 0.3) is 10.9 Å². The Hall–Kier alpha value is -2.77. The number of pyridine rings is 1. The van der Waals surface area contributed by atoms with Gasteiger partial charge >= 0.3 is 5.97 Å². The predicted octanol–water partition coefficient (Wildman–Crippen LogP) is 2.16. The summed E-state index contributed by atoms with van der Waals surface area (Å²) in [5.74, 6) is -0.397. The summed E-state index contributed by atoms with van der Waals surface area (Å²) in [4.78, 5) is 19.1. The van der Waals surface area contributed by atoms with Crippen LogP contribution in [0, 0.1) is 0 Å². The summed E-state index contributed by atoms with van der Waals surface area (Å²) in [5, 5.41) is 14.9. The van der Waals surface area contributed by atoms with E-state index in [0.717, 1.165) is 41.7 Å². The molecule has 0 amide bonds. The number of esters is 1. The molecule has 0 saturated carbocycles. The van der Waals surface area contributed by atoms with Gasteiger partial charge in [-0.1, -0.05) is 18.2 Å². The van der Waals surface area contributed by atoms with Crippen LogP contribution in [0.4, 0.5) is 0 Å². The number of fused-ring (bicyclic) bond motifs is 2. The summed E-state index contributed by atoms with van der Waals surface area (Å²) in [6, 6.07) is 10.2. The lowest BCUT2D eigenvalue weighted by atomic mass is 10.0. The lowest BCUT2D eigenvalue weighted by Gasteiger charge is -2.28. The van der Waals surface area contributed by atoms with E-state index in [2.05, 4.69) is 27.1 Å². The fourth-order valence-electron chi connectivity index (χ4n) is 3.86. The largest absolute Gasteiger partial charge is 0.461 e. The molecule has 1 aliphatic rings. The van der Waals surface area contributed by atoms with Gasteiger partial charge in [-0.15, -0.1) is 0 Å². The molecule has 146 valence electrons. The highest BCUT2D eigenvalue weighted by Gasteiger charge is 2.28. The van der Waals surface area contributed by atoms with E-state index < -0.39 is 5.97 Å². The van der Waals surface area contributed by atoms with Gasteiger partial charge in [-0.3, -0.25) is 14.6 Å². The Balaban J connectivity index is 1.62. The summed E-state index contributed by atoms with van der Waals surface area (Å²) < 4.78 is 6.94. The zero-order chi connectivity index (χ0) is 19.5. The predicted molar refractivity (Wildman–Crippen MR) is 105 cm³/mol. The number of aliphatic hydroxyl groups excluding tert-OH is 1. The van der Waals surface area contributed by atoms with Gasteiger partial charge in [0, 0.05) is 48.9 Å². The third-order valence-corrected chi connectivity index (χ3v) is 5.13. The Morgan fingerprint density at radius 3 is 2.96 bits per heavy atom. The van der Waals surface area contributed by atoms with Crippen LogP contribution in [-0.2, 0) is 30.8 Å². The van der Waals surface area contributed by atoms with E-state index in [0.29, 0.717) is 25.4 Å². The molecule has 7 nitrogen and oxygen atoms in total. The van der Waals surface area contributed by atoms with Gasteiger partial charge in [-0.05, 0) is 24.6 Å². The SMILES string of the molecule is CCOC(=O)c1nn(CCO)c2c1CN(Cc1ccnc3ccccc13)CC2. The van der Waals surface area contributed by atoms with Crippen LogP contribution in [0.2, 0.25) is 0 Å². The summed E-state index contributed by atoms with van der Waals surface area (Å²) >= 11 is 0. The second-order valence-corrected chi connectivity index (χ2v) is 6.89. The maximum Gasteiger partial charge on any atom is 0.359 e. The molecule has 0 aliphatic carbocycles. The number of carbonyl (C=O) groups excluding carboxylic acids is 1. The third kappa shape index (κ3) is 3.50. The molecule has 0 radical (unpaired) electrons. The number of nitrogens with zero attached hydrogens (tertiary/aromatic N) is 4. The molecule has 4 rings (SSSR count). The molecule has 1 aromatic carbocycles. The van der Waals surface area contributed by atoms with Crippen LogP contribution in [0.1, 0.15) is 34.2 Å². The fourth-order valence-corrected chi connectivity index (χ4v) is 3.86. The van der Waals surface area contributed by atoms with Gasteiger partial charge in [0.05, 0.1) is 25.3 Å². The summed E-state index contributed by atoms with van der Waals surface area (Å²) in [7, 11) is 0. The Kier molecular flexibility index (Phi) is 5.36. The van der Waals surface area contributed by atoms with Crippen molar-refractivity contribution in [2.24, 2.45) is 0 Å². The average molecular weight is 380 g/mol. The van der Waals surface area contributed by atoms with Crippen LogP contribution in [-0.4, -0.2) is 50.5 Å². The van der Waals surface area contributed by atoms with Gasteiger partial charge in [-0.25, -0.2) is 4.79 Å². The van der Waals surface area contributed by atoms with Crippen molar-refractivity contribution in [3.63, 3.8) is 0 Å². The minimum Gasteiger partial charge on any atom is -0.461 e. The molecule has 3 aromatic rings. The second-order valence-electron chi connectivity index (χ2n) is 6.89. The van der Waals surface area contributed by atoms with Crippen LogP contribution in [0.5, 0.6) is 0 Å². The second kappa shape index (κ2) is 8.08. The van der Waals surface area contributed by atoms with Crippen LogP contribution in [0.15, 0.2) is 36.5 Å². The molecule has 3 heterocycles. The lowest BCUT2D eigenvalue weighted by Crippen LogP contribution is -2.31. The molecule has 0 spiro atoms. The number of hydrogen-bond acceptors (Lipinski definition) is 6. The van der Waals surface area contributed by atoms with Gasteiger partial charge in [-0.2, -0.15) is 5.10 Å². The quantitative estimate of drug-likeness (QED) is 0.660. The maximum atomic E-state index is 12.4. The molecule has 0 fully saturated rings. The maximum absolute atomic E-state index is 12.4. The minimum absolute atomic E-state index is 0.0108. The normalized spacial score (nSPS) is 14.2. The Morgan fingerprint density at radius 1 is 1.29 bits per heavy atom. The molecule has 7 heteroatoms. The van der Waals surface area contributed by atoms with Crippen molar-refractivity contribution < 1.29 is 14.6 Å². The van der Waals surface area contributed by atoms with Gasteiger partial charge < -0.3 is 9.84 Å². The van der Waals surface area contributed by atoms with Crippen LogP contribution >= 0.6 is 0 Å². The van der Waals surface area contributed by atoms with Crippen molar-refractivity contribution in [1.29, 1.82) is 0 Å². The summed E-state index contributed by atoms with van der Waals surface area (Å²) in [5.41, 5.74) is 4.51. The first kappa shape index (κ1) is 18.6. The van der Waals surface area contributed by atoms with Crippen LogP contribution < -0.4 is 0 Å². The van der Waals surface area contributed by atoms with Gasteiger partial charge in [0.15, 0.2) is 5.69 Å². The van der Waals surface area contributed by atoms with E-state index in [9.17, 15) is 9.90 Å². The fraction of sp³-hybridized carbons (Fsp3) is 0.381.